The van der Waals surface area contributed by atoms with Crippen LogP contribution in [0, 0.1) is 12.8 Å². The van der Waals surface area contributed by atoms with E-state index in [1.807, 2.05) is 6.92 Å². The standard InChI is InChI=1S/C20H34N4O4S/c1-6-7-12-28-17-13-14(2)21-19(22-17)23-18(25)15-8-10-16(11-9-15)24-29(26,27)20(3,4)5/h13,15-16,24H,6-12H2,1-5H3,(H,21,22,23,25). The van der Waals surface area contributed by atoms with Gasteiger partial charge in [-0.1, -0.05) is 13.3 Å². The summed E-state index contributed by atoms with van der Waals surface area (Å²) < 4.78 is 32.2. The minimum Gasteiger partial charge on any atom is -0.478 e. The fraction of sp³-hybridized carbons (Fsp3) is 0.750. The van der Waals surface area contributed by atoms with Gasteiger partial charge in [0.25, 0.3) is 0 Å². The van der Waals surface area contributed by atoms with Gasteiger partial charge in [0, 0.05) is 23.7 Å². The van der Waals surface area contributed by atoms with Crippen LogP contribution in [0.5, 0.6) is 5.88 Å². The Labute approximate surface area is 174 Å². The predicted octanol–water partition coefficient (Wildman–Crippen LogP) is 3.18. The zero-order valence-electron chi connectivity index (χ0n) is 18.1. The molecule has 1 aliphatic carbocycles. The van der Waals surface area contributed by atoms with Gasteiger partial charge in [-0.2, -0.15) is 4.98 Å². The molecule has 1 heterocycles. The lowest BCUT2D eigenvalue weighted by molar-refractivity contribution is -0.120. The van der Waals surface area contributed by atoms with Gasteiger partial charge in [0.05, 0.1) is 11.4 Å². The molecule has 164 valence electrons. The molecule has 9 heteroatoms. The molecule has 0 radical (unpaired) electrons. The summed E-state index contributed by atoms with van der Waals surface area (Å²) in [6, 6.07) is 1.62. The van der Waals surface area contributed by atoms with Crippen molar-refractivity contribution >= 4 is 21.9 Å². The van der Waals surface area contributed by atoms with Crippen molar-refractivity contribution in [2.45, 2.75) is 83.9 Å². The van der Waals surface area contributed by atoms with Gasteiger partial charge >= 0.3 is 0 Å². The van der Waals surface area contributed by atoms with Crippen LogP contribution >= 0.6 is 0 Å². The number of aryl methyl sites for hydroxylation is 1. The van der Waals surface area contributed by atoms with E-state index in [9.17, 15) is 13.2 Å². The molecule has 1 aromatic heterocycles. The van der Waals surface area contributed by atoms with Crippen molar-refractivity contribution in [2.75, 3.05) is 11.9 Å². The van der Waals surface area contributed by atoms with Crippen LogP contribution in [-0.2, 0) is 14.8 Å². The molecule has 0 aromatic carbocycles. The van der Waals surface area contributed by atoms with Gasteiger partial charge < -0.3 is 4.74 Å². The van der Waals surface area contributed by atoms with Crippen molar-refractivity contribution < 1.29 is 17.9 Å². The molecular formula is C20H34N4O4S. The lowest BCUT2D eigenvalue weighted by Gasteiger charge is -2.30. The Morgan fingerprint density at radius 2 is 1.86 bits per heavy atom. The number of aromatic nitrogens is 2. The van der Waals surface area contributed by atoms with E-state index in [1.54, 1.807) is 26.8 Å². The van der Waals surface area contributed by atoms with Gasteiger partial charge in [-0.3, -0.25) is 10.1 Å². The van der Waals surface area contributed by atoms with Crippen LogP contribution < -0.4 is 14.8 Å². The second kappa shape index (κ2) is 9.84. The molecule has 2 rings (SSSR count). The van der Waals surface area contributed by atoms with Gasteiger partial charge in [-0.15, -0.1) is 0 Å². The summed E-state index contributed by atoms with van der Waals surface area (Å²) in [6.07, 6.45) is 4.47. The van der Waals surface area contributed by atoms with Crippen LogP contribution in [0.4, 0.5) is 5.95 Å². The van der Waals surface area contributed by atoms with Crippen molar-refractivity contribution in [3.8, 4) is 5.88 Å². The largest absolute Gasteiger partial charge is 0.478 e. The van der Waals surface area contributed by atoms with E-state index in [0.29, 0.717) is 38.2 Å². The Morgan fingerprint density at radius 3 is 2.45 bits per heavy atom. The van der Waals surface area contributed by atoms with Crippen molar-refractivity contribution in [3.63, 3.8) is 0 Å². The molecule has 1 fully saturated rings. The summed E-state index contributed by atoms with van der Waals surface area (Å²) in [6.45, 7) is 9.53. The molecule has 1 aliphatic rings. The van der Waals surface area contributed by atoms with E-state index in [-0.39, 0.29) is 23.8 Å². The molecule has 0 saturated heterocycles. The number of hydrogen-bond donors (Lipinski definition) is 2. The lowest BCUT2D eigenvalue weighted by atomic mass is 9.86. The minimum atomic E-state index is -3.39. The summed E-state index contributed by atoms with van der Waals surface area (Å²) in [4.78, 5) is 21.2. The number of rotatable bonds is 8. The Hall–Kier alpha value is -1.74. The molecule has 8 nitrogen and oxygen atoms in total. The highest BCUT2D eigenvalue weighted by molar-refractivity contribution is 7.90. The number of carbonyl (C=O) groups is 1. The van der Waals surface area contributed by atoms with E-state index in [1.165, 1.54) is 0 Å². The second-order valence-corrected chi connectivity index (χ2v) is 11.1. The average Bonchev–Trinajstić information content (AvgIpc) is 2.61. The highest BCUT2D eigenvalue weighted by atomic mass is 32.2. The molecule has 0 spiro atoms. The maximum absolute atomic E-state index is 12.6. The number of hydrogen-bond acceptors (Lipinski definition) is 6. The van der Waals surface area contributed by atoms with Gasteiger partial charge in [-0.25, -0.2) is 18.1 Å². The number of ether oxygens (including phenoxy) is 1. The first-order valence-electron chi connectivity index (χ1n) is 10.3. The van der Waals surface area contributed by atoms with Gasteiger partial charge in [-0.05, 0) is 59.8 Å². The quantitative estimate of drug-likeness (QED) is 0.618. The third-order valence-electron chi connectivity index (χ3n) is 5.04. The van der Waals surface area contributed by atoms with Crippen LogP contribution in [0.1, 0.15) is 71.9 Å². The van der Waals surface area contributed by atoms with Gasteiger partial charge in [0.1, 0.15) is 0 Å². The third-order valence-corrected chi connectivity index (χ3v) is 7.30. The average molecular weight is 427 g/mol. The molecule has 2 N–H and O–H groups in total. The number of sulfonamides is 1. The third kappa shape index (κ3) is 6.92. The highest BCUT2D eigenvalue weighted by Gasteiger charge is 2.34. The maximum Gasteiger partial charge on any atom is 0.232 e. The minimum absolute atomic E-state index is 0.128. The molecule has 1 aromatic rings. The van der Waals surface area contributed by atoms with E-state index in [0.717, 1.165) is 18.5 Å². The normalized spacial score (nSPS) is 20.3. The van der Waals surface area contributed by atoms with Crippen molar-refractivity contribution in [1.82, 2.24) is 14.7 Å². The van der Waals surface area contributed by atoms with Crippen molar-refractivity contribution in [1.29, 1.82) is 0 Å². The SMILES string of the molecule is CCCCOc1cc(C)nc(NC(=O)C2CCC(NS(=O)(=O)C(C)(C)C)CC2)n1. The molecule has 0 atom stereocenters. The van der Waals surface area contributed by atoms with Crippen LogP contribution in [0.2, 0.25) is 0 Å². The van der Waals surface area contributed by atoms with Crippen LogP contribution in [0.25, 0.3) is 0 Å². The summed E-state index contributed by atoms with van der Waals surface area (Å²) in [7, 11) is -3.39. The second-order valence-electron chi connectivity index (χ2n) is 8.64. The molecule has 29 heavy (non-hydrogen) atoms. The molecule has 1 amide bonds. The van der Waals surface area contributed by atoms with E-state index in [4.69, 9.17) is 4.74 Å². The number of anilines is 1. The first-order chi connectivity index (χ1) is 13.5. The molecule has 0 unspecified atom stereocenters. The number of unbranched alkanes of at least 4 members (excludes halogenated alkanes) is 1. The maximum atomic E-state index is 12.6. The van der Waals surface area contributed by atoms with Crippen LogP contribution in [0.3, 0.4) is 0 Å². The zero-order valence-corrected chi connectivity index (χ0v) is 18.9. The predicted molar refractivity (Wildman–Crippen MR) is 113 cm³/mol. The summed E-state index contributed by atoms with van der Waals surface area (Å²) in [5.74, 6) is 0.393. The number of nitrogens with one attached hydrogen (secondary N) is 2. The zero-order chi connectivity index (χ0) is 21.7. The van der Waals surface area contributed by atoms with E-state index in [2.05, 4.69) is 26.9 Å². The molecule has 1 saturated carbocycles. The van der Waals surface area contributed by atoms with Gasteiger partial charge in [0.2, 0.25) is 27.8 Å². The summed E-state index contributed by atoms with van der Waals surface area (Å²) in [5, 5.41) is 2.79. The Balaban J connectivity index is 1.90. The van der Waals surface area contributed by atoms with Crippen LogP contribution in [0.15, 0.2) is 6.07 Å². The van der Waals surface area contributed by atoms with Crippen LogP contribution in [-0.4, -0.2) is 41.7 Å². The monoisotopic (exact) mass is 426 g/mol. The lowest BCUT2D eigenvalue weighted by Crippen LogP contribution is -2.46. The molecule has 0 bridgehead atoms. The van der Waals surface area contributed by atoms with Gasteiger partial charge in [0.15, 0.2) is 0 Å². The summed E-state index contributed by atoms with van der Waals surface area (Å²) >= 11 is 0. The van der Waals surface area contributed by atoms with Crippen molar-refractivity contribution in [3.05, 3.63) is 11.8 Å². The summed E-state index contributed by atoms with van der Waals surface area (Å²) in [5.41, 5.74) is 0.724. The number of amides is 1. The number of carbonyl (C=O) groups excluding carboxylic acids is 1. The Bertz CT molecular complexity index is 797. The Kier molecular flexibility index (Phi) is 7.99. The fourth-order valence-corrected chi connectivity index (χ4v) is 4.10. The van der Waals surface area contributed by atoms with E-state index < -0.39 is 14.8 Å². The number of nitrogens with zero attached hydrogens (tertiary/aromatic N) is 2. The first kappa shape index (κ1) is 23.5. The van der Waals surface area contributed by atoms with Crippen molar-refractivity contribution in [2.24, 2.45) is 5.92 Å². The highest BCUT2D eigenvalue weighted by Crippen LogP contribution is 2.27. The molecular weight excluding hydrogens is 392 g/mol. The van der Waals surface area contributed by atoms with E-state index >= 15 is 0 Å². The molecule has 0 aliphatic heterocycles. The smallest absolute Gasteiger partial charge is 0.232 e. The fourth-order valence-electron chi connectivity index (χ4n) is 3.07. The topological polar surface area (TPSA) is 110 Å². The Morgan fingerprint density at radius 1 is 1.21 bits per heavy atom. The first-order valence-corrected chi connectivity index (χ1v) is 11.8.